The Balaban J connectivity index is 1.46. The molecule has 0 fully saturated rings. The molecule has 0 aliphatic heterocycles. The number of rotatable bonds is 9. The molecule has 0 aliphatic rings. The lowest BCUT2D eigenvalue weighted by molar-refractivity contribution is -0.116. The van der Waals surface area contributed by atoms with Crippen LogP contribution in [0, 0.1) is 0 Å². The summed E-state index contributed by atoms with van der Waals surface area (Å²) < 4.78 is 16.2. The van der Waals surface area contributed by atoms with E-state index in [4.69, 9.17) is 14.2 Å². The summed E-state index contributed by atoms with van der Waals surface area (Å²) in [6.45, 7) is 0.503. The first kappa shape index (κ1) is 20.1. The van der Waals surface area contributed by atoms with E-state index in [1.165, 1.54) is 0 Å². The molecule has 0 unspecified atom stereocenters. The summed E-state index contributed by atoms with van der Waals surface area (Å²) in [6, 6.07) is 22.5. The highest BCUT2D eigenvalue weighted by Crippen LogP contribution is 2.29. The van der Waals surface area contributed by atoms with Crippen LogP contribution in [0.1, 0.15) is 6.42 Å². The van der Waals surface area contributed by atoms with E-state index in [1.54, 1.807) is 32.4 Å². The minimum Gasteiger partial charge on any atom is -0.497 e. The molecule has 0 atom stereocenters. The number of carbonyl (C=O) groups excluding carboxylic acids is 1. The largest absolute Gasteiger partial charge is 0.497 e. The van der Waals surface area contributed by atoms with Crippen molar-refractivity contribution < 1.29 is 19.0 Å². The van der Waals surface area contributed by atoms with E-state index in [9.17, 15) is 4.79 Å². The van der Waals surface area contributed by atoms with Crippen molar-refractivity contribution in [2.75, 3.05) is 31.4 Å². The number of amides is 1. The van der Waals surface area contributed by atoms with E-state index in [0.29, 0.717) is 30.2 Å². The summed E-state index contributed by atoms with van der Waals surface area (Å²) in [5, 5.41) is 6.09. The first-order valence-electron chi connectivity index (χ1n) is 9.26. The Kier molecular flexibility index (Phi) is 6.95. The Morgan fingerprint density at radius 1 is 0.828 bits per heavy atom. The monoisotopic (exact) mass is 392 g/mol. The number of para-hydroxylation sites is 1. The molecule has 0 bridgehead atoms. The number of ether oxygens (including phenoxy) is 3. The first-order chi connectivity index (χ1) is 14.2. The molecule has 0 aromatic heterocycles. The van der Waals surface area contributed by atoms with Crippen LogP contribution in [0.4, 0.5) is 11.4 Å². The van der Waals surface area contributed by atoms with Gasteiger partial charge in [0, 0.05) is 24.7 Å². The number of hydrogen-bond acceptors (Lipinski definition) is 5. The van der Waals surface area contributed by atoms with Crippen LogP contribution in [0.3, 0.4) is 0 Å². The zero-order chi connectivity index (χ0) is 20.5. The molecule has 0 radical (unpaired) electrons. The Labute approximate surface area is 170 Å². The second kappa shape index (κ2) is 10.0. The molecule has 2 N–H and O–H groups in total. The van der Waals surface area contributed by atoms with Crippen LogP contribution in [-0.4, -0.2) is 26.7 Å². The van der Waals surface area contributed by atoms with E-state index >= 15 is 0 Å². The van der Waals surface area contributed by atoms with Crippen molar-refractivity contribution >= 4 is 17.3 Å². The average Bonchev–Trinajstić information content (AvgIpc) is 2.76. The summed E-state index contributed by atoms with van der Waals surface area (Å²) in [4.78, 5) is 12.2. The van der Waals surface area contributed by atoms with Gasteiger partial charge in [0.2, 0.25) is 5.91 Å². The molecule has 0 heterocycles. The summed E-state index contributed by atoms with van der Waals surface area (Å²) >= 11 is 0. The van der Waals surface area contributed by atoms with Crippen molar-refractivity contribution in [3.63, 3.8) is 0 Å². The SMILES string of the molecule is COc1ccc(NC(=O)CCNc2ccc(Oc3ccccc3)cc2)c(OC)c1. The molecule has 0 spiro atoms. The van der Waals surface area contributed by atoms with E-state index < -0.39 is 0 Å². The quantitative estimate of drug-likeness (QED) is 0.540. The van der Waals surface area contributed by atoms with Gasteiger partial charge in [-0.15, -0.1) is 0 Å². The van der Waals surface area contributed by atoms with Gasteiger partial charge in [0.1, 0.15) is 23.0 Å². The molecule has 0 saturated heterocycles. The molecule has 3 rings (SSSR count). The van der Waals surface area contributed by atoms with Gasteiger partial charge in [0.05, 0.1) is 19.9 Å². The highest BCUT2D eigenvalue weighted by atomic mass is 16.5. The van der Waals surface area contributed by atoms with Crippen molar-refractivity contribution in [3.05, 3.63) is 72.8 Å². The molecule has 6 nitrogen and oxygen atoms in total. The standard InChI is InChI=1S/C23H24N2O4/c1-27-20-12-13-21(22(16-20)28-2)25-23(26)14-15-24-17-8-10-19(11-9-17)29-18-6-4-3-5-7-18/h3-13,16,24H,14-15H2,1-2H3,(H,25,26). The van der Waals surface area contributed by atoms with Gasteiger partial charge in [-0.1, -0.05) is 18.2 Å². The van der Waals surface area contributed by atoms with Crippen molar-refractivity contribution in [3.8, 4) is 23.0 Å². The molecule has 3 aromatic carbocycles. The second-order valence-corrected chi connectivity index (χ2v) is 6.23. The summed E-state index contributed by atoms with van der Waals surface area (Å²) in [7, 11) is 3.14. The third-order valence-corrected chi connectivity index (χ3v) is 4.20. The van der Waals surface area contributed by atoms with Crippen LogP contribution in [0.15, 0.2) is 72.8 Å². The van der Waals surface area contributed by atoms with E-state index in [2.05, 4.69) is 10.6 Å². The highest BCUT2D eigenvalue weighted by molar-refractivity contribution is 5.92. The summed E-state index contributed by atoms with van der Waals surface area (Å²) in [5.41, 5.74) is 1.53. The van der Waals surface area contributed by atoms with Gasteiger partial charge in [-0.2, -0.15) is 0 Å². The van der Waals surface area contributed by atoms with E-state index in [-0.39, 0.29) is 5.91 Å². The zero-order valence-corrected chi connectivity index (χ0v) is 16.5. The lowest BCUT2D eigenvalue weighted by Crippen LogP contribution is -2.16. The van der Waals surface area contributed by atoms with Gasteiger partial charge in [-0.05, 0) is 48.5 Å². The number of methoxy groups -OCH3 is 2. The summed E-state index contributed by atoms with van der Waals surface area (Å²) in [5.74, 6) is 2.66. The fraction of sp³-hybridized carbons (Fsp3) is 0.174. The molecule has 1 amide bonds. The molecule has 29 heavy (non-hydrogen) atoms. The molecule has 6 heteroatoms. The highest BCUT2D eigenvalue weighted by Gasteiger charge is 2.09. The molecular weight excluding hydrogens is 368 g/mol. The van der Waals surface area contributed by atoms with Crippen LogP contribution in [0.25, 0.3) is 0 Å². The average molecular weight is 392 g/mol. The predicted octanol–water partition coefficient (Wildman–Crippen LogP) is 4.94. The zero-order valence-electron chi connectivity index (χ0n) is 16.5. The third-order valence-electron chi connectivity index (χ3n) is 4.20. The Morgan fingerprint density at radius 2 is 1.52 bits per heavy atom. The number of benzene rings is 3. The van der Waals surface area contributed by atoms with E-state index in [1.807, 2.05) is 54.6 Å². The predicted molar refractivity (Wildman–Crippen MR) is 114 cm³/mol. The van der Waals surface area contributed by atoms with Crippen molar-refractivity contribution in [1.29, 1.82) is 0 Å². The molecule has 3 aromatic rings. The number of nitrogens with one attached hydrogen (secondary N) is 2. The lowest BCUT2D eigenvalue weighted by Gasteiger charge is -2.12. The topological polar surface area (TPSA) is 68.8 Å². The Hall–Kier alpha value is -3.67. The van der Waals surface area contributed by atoms with Gasteiger partial charge in [-0.25, -0.2) is 0 Å². The Morgan fingerprint density at radius 3 is 2.21 bits per heavy atom. The molecule has 150 valence electrons. The number of anilines is 2. The van der Waals surface area contributed by atoms with Gasteiger partial charge >= 0.3 is 0 Å². The first-order valence-corrected chi connectivity index (χ1v) is 9.26. The fourth-order valence-electron chi connectivity index (χ4n) is 2.70. The van der Waals surface area contributed by atoms with Crippen LogP contribution in [0.2, 0.25) is 0 Å². The number of hydrogen-bond donors (Lipinski definition) is 2. The van der Waals surface area contributed by atoms with Gasteiger partial charge in [0.15, 0.2) is 0 Å². The smallest absolute Gasteiger partial charge is 0.226 e. The summed E-state index contributed by atoms with van der Waals surface area (Å²) in [6.07, 6.45) is 0.317. The van der Waals surface area contributed by atoms with Crippen LogP contribution in [0.5, 0.6) is 23.0 Å². The fourth-order valence-corrected chi connectivity index (χ4v) is 2.70. The van der Waals surface area contributed by atoms with Crippen LogP contribution in [-0.2, 0) is 4.79 Å². The maximum Gasteiger partial charge on any atom is 0.226 e. The van der Waals surface area contributed by atoms with Gasteiger partial charge in [-0.3, -0.25) is 4.79 Å². The van der Waals surface area contributed by atoms with Gasteiger partial charge < -0.3 is 24.8 Å². The number of carbonyl (C=O) groups is 1. The lowest BCUT2D eigenvalue weighted by atomic mass is 10.2. The minimum absolute atomic E-state index is 0.106. The van der Waals surface area contributed by atoms with Crippen LogP contribution >= 0.6 is 0 Å². The molecule has 0 aliphatic carbocycles. The maximum absolute atomic E-state index is 12.2. The normalized spacial score (nSPS) is 10.1. The maximum atomic E-state index is 12.2. The molecule has 0 saturated carbocycles. The van der Waals surface area contributed by atoms with E-state index in [0.717, 1.165) is 17.2 Å². The Bertz CT molecular complexity index is 927. The third kappa shape index (κ3) is 5.90. The van der Waals surface area contributed by atoms with Crippen molar-refractivity contribution in [2.24, 2.45) is 0 Å². The van der Waals surface area contributed by atoms with Gasteiger partial charge in [0.25, 0.3) is 0 Å². The van der Waals surface area contributed by atoms with Crippen molar-refractivity contribution in [1.82, 2.24) is 0 Å². The minimum atomic E-state index is -0.106. The molecular formula is C23H24N2O4. The van der Waals surface area contributed by atoms with Crippen molar-refractivity contribution in [2.45, 2.75) is 6.42 Å². The van der Waals surface area contributed by atoms with Crippen LogP contribution < -0.4 is 24.8 Å². The second-order valence-electron chi connectivity index (χ2n) is 6.23.